The van der Waals surface area contributed by atoms with E-state index < -0.39 is 11.6 Å². The van der Waals surface area contributed by atoms with E-state index >= 15 is 0 Å². The van der Waals surface area contributed by atoms with Crippen LogP contribution in [0.4, 0.5) is 25.1 Å². The molecule has 0 atom stereocenters. The Morgan fingerprint density at radius 2 is 1.91 bits per heavy atom. The fourth-order valence-corrected chi connectivity index (χ4v) is 3.07. The van der Waals surface area contributed by atoms with E-state index in [2.05, 4.69) is 31.1 Å². The SMILES string of the molecule is CCNC(=O)Nc1ccc(-c2cnc(N)c(-c3nnnn3-c3cccc(F)c3F)c2)cc1. The second kappa shape index (κ2) is 8.76. The molecule has 0 aliphatic rings. The molecule has 2 amide bonds. The molecule has 162 valence electrons. The Bertz CT molecular complexity index is 1270. The first-order valence-electron chi connectivity index (χ1n) is 9.62. The number of pyridine rings is 1. The van der Waals surface area contributed by atoms with Gasteiger partial charge in [0.05, 0.1) is 5.56 Å². The second-order valence-corrected chi connectivity index (χ2v) is 6.71. The first-order chi connectivity index (χ1) is 15.5. The highest BCUT2D eigenvalue weighted by Gasteiger charge is 2.19. The van der Waals surface area contributed by atoms with Gasteiger partial charge in [-0.15, -0.1) is 5.10 Å². The van der Waals surface area contributed by atoms with Gasteiger partial charge in [-0.3, -0.25) is 0 Å². The lowest BCUT2D eigenvalue weighted by Crippen LogP contribution is -2.28. The molecule has 0 spiro atoms. The topological polar surface area (TPSA) is 124 Å². The van der Waals surface area contributed by atoms with E-state index in [4.69, 9.17) is 5.73 Å². The van der Waals surface area contributed by atoms with Crippen molar-refractivity contribution < 1.29 is 13.6 Å². The number of anilines is 2. The number of halogens is 2. The predicted octanol–water partition coefficient (Wildman–Crippen LogP) is 3.39. The van der Waals surface area contributed by atoms with Crippen LogP contribution in [0, 0.1) is 11.6 Å². The maximum atomic E-state index is 14.3. The van der Waals surface area contributed by atoms with Crippen LogP contribution in [0.15, 0.2) is 54.7 Å². The minimum Gasteiger partial charge on any atom is -0.383 e. The van der Waals surface area contributed by atoms with Gasteiger partial charge in [0.15, 0.2) is 17.5 Å². The highest BCUT2D eigenvalue weighted by Crippen LogP contribution is 2.30. The number of hydrogen-bond donors (Lipinski definition) is 3. The summed E-state index contributed by atoms with van der Waals surface area (Å²) in [5.41, 5.74) is 8.33. The Morgan fingerprint density at radius 3 is 2.66 bits per heavy atom. The van der Waals surface area contributed by atoms with Gasteiger partial charge in [-0.1, -0.05) is 18.2 Å². The number of hydrogen-bond acceptors (Lipinski definition) is 6. The molecular formula is C21H18F2N8O. The van der Waals surface area contributed by atoms with Crippen molar-refractivity contribution in [2.24, 2.45) is 0 Å². The molecule has 4 aromatic rings. The summed E-state index contributed by atoms with van der Waals surface area (Å²) in [7, 11) is 0. The summed E-state index contributed by atoms with van der Waals surface area (Å²) in [5.74, 6) is -1.88. The molecule has 0 aliphatic heterocycles. The maximum absolute atomic E-state index is 14.3. The Kier molecular flexibility index (Phi) is 5.71. The number of urea groups is 1. The van der Waals surface area contributed by atoms with Gasteiger partial charge in [-0.25, -0.2) is 18.6 Å². The van der Waals surface area contributed by atoms with Crippen LogP contribution >= 0.6 is 0 Å². The average Bonchev–Trinajstić information content (AvgIpc) is 3.26. The van der Waals surface area contributed by atoms with Crippen molar-refractivity contribution >= 4 is 17.5 Å². The normalized spacial score (nSPS) is 10.7. The van der Waals surface area contributed by atoms with Gasteiger partial charge in [0.1, 0.15) is 11.5 Å². The molecule has 4 N–H and O–H groups in total. The number of benzene rings is 2. The Morgan fingerprint density at radius 1 is 1.12 bits per heavy atom. The summed E-state index contributed by atoms with van der Waals surface area (Å²) in [5, 5.41) is 16.7. The van der Waals surface area contributed by atoms with Gasteiger partial charge in [-0.05, 0) is 53.2 Å². The number of nitrogens with two attached hydrogens (primary N) is 1. The molecule has 4 rings (SSSR count). The van der Waals surface area contributed by atoms with Gasteiger partial charge in [0, 0.05) is 24.0 Å². The smallest absolute Gasteiger partial charge is 0.319 e. The molecule has 32 heavy (non-hydrogen) atoms. The van der Waals surface area contributed by atoms with Crippen LogP contribution in [0.25, 0.3) is 28.2 Å². The highest BCUT2D eigenvalue weighted by atomic mass is 19.2. The molecule has 0 radical (unpaired) electrons. The fourth-order valence-electron chi connectivity index (χ4n) is 3.07. The number of aromatic nitrogens is 5. The van der Waals surface area contributed by atoms with Crippen LogP contribution in [0.1, 0.15) is 6.92 Å². The van der Waals surface area contributed by atoms with Crippen molar-refractivity contribution in [3.63, 3.8) is 0 Å². The molecule has 0 unspecified atom stereocenters. The standard InChI is InChI=1S/C21H18F2N8O/c1-2-25-21(32)27-14-8-6-12(7-9-14)13-10-15(19(24)26-11-13)20-28-29-30-31(20)17-5-3-4-16(22)18(17)23/h3-11H,2H2,1H3,(H2,24,26)(H2,25,27,32). The zero-order valence-electron chi connectivity index (χ0n) is 16.9. The van der Waals surface area contributed by atoms with Gasteiger partial charge in [0.25, 0.3) is 0 Å². The Balaban J connectivity index is 1.69. The molecule has 0 saturated heterocycles. The Labute approximate surface area is 181 Å². The first-order valence-corrected chi connectivity index (χ1v) is 9.62. The molecular weight excluding hydrogens is 418 g/mol. The van der Waals surface area contributed by atoms with Gasteiger partial charge < -0.3 is 16.4 Å². The Hall–Kier alpha value is -4.41. The molecule has 0 aliphatic carbocycles. The molecule has 0 bridgehead atoms. The molecule has 11 heteroatoms. The lowest BCUT2D eigenvalue weighted by atomic mass is 10.0. The zero-order chi connectivity index (χ0) is 22.7. The van der Waals surface area contributed by atoms with E-state index in [1.165, 1.54) is 12.1 Å². The molecule has 2 aromatic heterocycles. The predicted molar refractivity (Wildman–Crippen MR) is 115 cm³/mol. The van der Waals surface area contributed by atoms with Gasteiger partial charge >= 0.3 is 6.03 Å². The van der Waals surface area contributed by atoms with Crippen molar-refractivity contribution in [1.29, 1.82) is 0 Å². The number of carbonyl (C=O) groups excluding carboxylic acids is 1. The molecule has 9 nitrogen and oxygen atoms in total. The molecule has 0 saturated carbocycles. The summed E-state index contributed by atoms with van der Waals surface area (Å²) >= 11 is 0. The maximum Gasteiger partial charge on any atom is 0.319 e. The minimum absolute atomic E-state index is 0.107. The first kappa shape index (κ1) is 20.8. The van der Waals surface area contributed by atoms with E-state index in [1.54, 1.807) is 36.5 Å². The van der Waals surface area contributed by atoms with Crippen LogP contribution in [0.2, 0.25) is 0 Å². The van der Waals surface area contributed by atoms with Gasteiger partial charge in [0.2, 0.25) is 0 Å². The molecule has 2 aromatic carbocycles. The van der Waals surface area contributed by atoms with E-state index in [1.807, 2.05) is 6.92 Å². The summed E-state index contributed by atoms with van der Waals surface area (Å²) in [6, 6.07) is 12.2. The van der Waals surface area contributed by atoms with E-state index in [9.17, 15) is 13.6 Å². The monoisotopic (exact) mass is 436 g/mol. The third-order valence-corrected chi connectivity index (χ3v) is 4.60. The second-order valence-electron chi connectivity index (χ2n) is 6.71. The van der Waals surface area contributed by atoms with Crippen molar-refractivity contribution in [2.45, 2.75) is 6.92 Å². The number of nitrogen functional groups attached to an aromatic ring is 1. The third kappa shape index (κ3) is 4.08. The summed E-state index contributed by atoms with van der Waals surface area (Å²) < 4.78 is 29.1. The largest absolute Gasteiger partial charge is 0.383 e. The minimum atomic E-state index is -1.08. The lowest BCUT2D eigenvalue weighted by Gasteiger charge is -2.10. The lowest BCUT2D eigenvalue weighted by molar-refractivity contribution is 0.252. The highest BCUT2D eigenvalue weighted by molar-refractivity contribution is 5.89. The quantitative estimate of drug-likeness (QED) is 0.441. The number of nitrogens with one attached hydrogen (secondary N) is 2. The van der Waals surface area contributed by atoms with Crippen LogP contribution in [0.3, 0.4) is 0 Å². The number of rotatable bonds is 5. The molecule has 2 heterocycles. The number of amides is 2. The van der Waals surface area contributed by atoms with Crippen molar-refractivity contribution in [3.05, 3.63) is 66.4 Å². The number of nitrogens with zero attached hydrogens (tertiary/aromatic N) is 5. The van der Waals surface area contributed by atoms with Crippen LogP contribution in [-0.4, -0.2) is 37.8 Å². The zero-order valence-corrected chi connectivity index (χ0v) is 16.9. The van der Waals surface area contributed by atoms with Crippen LogP contribution < -0.4 is 16.4 Å². The van der Waals surface area contributed by atoms with E-state index in [-0.39, 0.29) is 23.4 Å². The van der Waals surface area contributed by atoms with Crippen LogP contribution in [0.5, 0.6) is 0 Å². The van der Waals surface area contributed by atoms with Crippen LogP contribution in [-0.2, 0) is 0 Å². The number of tetrazole rings is 1. The average molecular weight is 436 g/mol. The van der Waals surface area contributed by atoms with E-state index in [0.717, 1.165) is 16.3 Å². The fraction of sp³-hybridized carbons (Fsp3) is 0.0952. The van der Waals surface area contributed by atoms with Crippen molar-refractivity contribution in [3.8, 4) is 28.2 Å². The van der Waals surface area contributed by atoms with Crippen molar-refractivity contribution in [2.75, 3.05) is 17.6 Å². The third-order valence-electron chi connectivity index (χ3n) is 4.60. The molecule has 0 fully saturated rings. The van der Waals surface area contributed by atoms with E-state index in [0.29, 0.717) is 23.4 Å². The summed E-state index contributed by atoms with van der Waals surface area (Å²) in [6.45, 7) is 2.34. The number of carbonyl (C=O) groups is 1. The van der Waals surface area contributed by atoms with Crippen molar-refractivity contribution in [1.82, 2.24) is 30.5 Å². The summed E-state index contributed by atoms with van der Waals surface area (Å²) in [4.78, 5) is 15.9. The summed E-state index contributed by atoms with van der Waals surface area (Å²) in [6.07, 6.45) is 1.57. The van der Waals surface area contributed by atoms with Gasteiger partial charge in [-0.2, -0.15) is 4.68 Å².